The zero-order valence-electron chi connectivity index (χ0n) is 12.8. The maximum atomic E-state index is 11.9. The maximum Gasteiger partial charge on any atom is 0.240 e. The van der Waals surface area contributed by atoms with Gasteiger partial charge in [-0.25, -0.2) is 0 Å². The van der Waals surface area contributed by atoms with Gasteiger partial charge in [-0.15, -0.1) is 0 Å². The van der Waals surface area contributed by atoms with Crippen molar-refractivity contribution in [2.24, 2.45) is 0 Å². The molecular formula is C15H21N3O3. The first-order chi connectivity index (χ1) is 9.86. The highest BCUT2D eigenvalue weighted by molar-refractivity contribution is 5.91. The second-order valence-electron chi connectivity index (χ2n) is 5.99. The van der Waals surface area contributed by atoms with E-state index >= 15 is 0 Å². The van der Waals surface area contributed by atoms with E-state index in [9.17, 15) is 4.79 Å². The largest absolute Gasteiger partial charge is 0.468 e. The highest BCUT2D eigenvalue weighted by atomic mass is 16.5. The molecule has 0 aromatic carbocycles. The van der Waals surface area contributed by atoms with Gasteiger partial charge in [-0.3, -0.25) is 15.4 Å². The fraction of sp³-hybridized carbons (Fsp3) is 0.467. The summed E-state index contributed by atoms with van der Waals surface area (Å²) in [6.07, 6.45) is 1.61. The van der Waals surface area contributed by atoms with Crippen molar-refractivity contribution < 1.29 is 13.7 Å². The zero-order chi connectivity index (χ0) is 15.5. The van der Waals surface area contributed by atoms with Crippen LogP contribution in [0.25, 0.3) is 0 Å². The summed E-state index contributed by atoms with van der Waals surface area (Å²) < 4.78 is 10.4. The van der Waals surface area contributed by atoms with Crippen molar-refractivity contribution in [3.63, 3.8) is 0 Å². The molecule has 21 heavy (non-hydrogen) atoms. The molecule has 114 valence electrons. The number of carbonyl (C=O) groups excluding carboxylic acids is 1. The quantitative estimate of drug-likeness (QED) is 0.885. The molecule has 0 bridgehead atoms. The van der Waals surface area contributed by atoms with Gasteiger partial charge in [-0.2, -0.15) is 0 Å². The van der Waals surface area contributed by atoms with Gasteiger partial charge >= 0.3 is 0 Å². The second kappa shape index (κ2) is 6.13. The molecule has 1 amide bonds. The third-order valence-electron chi connectivity index (χ3n) is 3.08. The van der Waals surface area contributed by atoms with Gasteiger partial charge in [-0.05, 0) is 19.1 Å². The van der Waals surface area contributed by atoms with Gasteiger partial charge < -0.3 is 8.94 Å². The Morgan fingerprint density at radius 3 is 2.76 bits per heavy atom. The topological polar surface area (TPSA) is 80.3 Å². The van der Waals surface area contributed by atoms with Crippen molar-refractivity contribution in [3.05, 3.63) is 35.9 Å². The predicted molar refractivity (Wildman–Crippen MR) is 79.0 cm³/mol. The molecule has 0 aliphatic carbocycles. The Morgan fingerprint density at radius 1 is 1.43 bits per heavy atom. The number of carbonyl (C=O) groups is 1. The molecule has 2 N–H and O–H groups in total. The molecule has 0 saturated heterocycles. The number of hydrogen-bond acceptors (Lipinski definition) is 5. The third-order valence-corrected chi connectivity index (χ3v) is 3.08. The van der Waals surface area contributed by atoms with E-state index < -0.39 is 0 Å². The van der Waals surface area contributed by atoms with Gasteiger partial charge in [0.25, 0.3) is 0 Å². The summed E-state index contributed by atoms with van der Waals surface area (Å²) in [4.78, 5) is 11.9. The maximum absolute atomic E-state index is 11.9. The smallest absolute Gasteiger partial charge is 0.240 e. The lowest BCUT2D eigenvalue weighted by atomic mass is 9.92. The molecule has 0 fully saturated rings. The summed E-state index contributed by atoms with van der Waals surface area (Å²) in [6.45, 7) is 8.18. The molecule has 1 atom stereocenters. The van der Waals surface area contributed by atoms with Crippen LogP contribution >= 0.6 is 0 Å². The van der Waals surface area contributed by atoms with E-state index in [4.69, 9.17) is 8.94 Å². The third kappa shape index (κ3) is 4.19. The number of furan rings is 1. The van der Waals surface area contributed by atoms with Crippen LogP contribution in [-0.4, -0.2) is 17.6 Å². The lowest BCUT2D eigenvalue weighted by Crippen LogP contribution is -2.29. The molecular weight excluding hydrogens is 270 g/mol. The Morgan fingerprint density at radius 2 is 2.19 bits per heavy atom. The molecule has 0 aliphatic heterocycles. The van der Waals surface area contributed by atoms with Crippen molar-refractivity contribution in [2.45, 2.75) is 39.2 Å². The van der Waals surface area contributed by atoms with Gasteiger partial charge in [0.15, 0.2) is 0 Å². The van der Waals surface area contributed by atoms with Crippen LogP contribution in [0.15, 0.2) is 33.4 Å². The average molecular weight is 291 g/mol. The first kappa shape index (κ1) is 15.3. The zero-order valence-corrected chi connectivity index (χ0v) is 12.8. The Hall–Kier alpha value is -2.08. The molecule has 6 heteroatoms. The lowest BCUT2D eigenvalue weighted by molar-refractivity contribution is -0.115. The molecule has 0 aliphatic rings. The SMILES string of the molecule is C[C@@H](NCC(=O)Nc1cc(C(C)(C)C)no1)c1ccco1. The Kier molecular flexibility index (Phi) is 4.47. The van der Waals surface area contributed by atoms with Gasteiger partial charge in [0.2, 0.25) is 11.8 Å². The van der Waals surface area contributed by atoms with E-state index in [1.54, 1.807) is 12.3 Å². The molecule has 2 heterocycles. The monoisotopic (exact) mass is 291 g/mol. The van der Waals surface area contributed by atoms with Crippen molar-refractivity contribution in [1.29, 1.82) is 0 Å². The number of hydrogen-bond donors (Lipinski definition) is 2. The van der Waals surface area contributed by atoms with Gasteiger partial charge in [0, 0.05) is 11.5 Å². The number of aromatic nitrogens is 1. The summed E-state index contributed by atoms with van der Waals surface area (Å²) in [6, 6.07) is 5.39. The van der Waals surface area contributed by atoms with E-state index in [1.807, 2.05) is 39.8 Å². The molecule has 2 rings (SSSR count). The van der Waals surface area contributed by atoms with Crippen LogP contribution in [0.5, 0.6) is 0 Å². The van der Waals surface area contributed by atoms with Crippen LogP contribution in [-0.2, 0) is 10.2 Å². The van der Waals surface area contributed by atoms with Crippen LogP contribution in [0.2, 0.25) is 0 Å². The van der Waals surface area contributed by atoms with Gasteiger partial charge in [0.05, 0.1) is 24.5 Å². The van der Waals surface area contributed by atoms with Crippen molar-refractivity contribution in [3.8, 4) is 0 Å². The average Bonchev–Trinajstić information content (AvgIpc) is 3.05. The fourth-order valence-electron chi connectivity index (χ4n) is 1.75. The Labute approximate surface area is 123 Å². The van der Waals surface area contributed by atoms with Crippen molar-refractivity contribution in [2.75, 3.05) is 11.9 Å². The van der Waals surface area contributed by atoms with E-state index in [0.717, 1.165) is 11.5 Å². The number of amides is 1. The molecule has 0 spiro atoms. The van der Waals surface area contributed by atoms with Crippen LogP contribution in [0.4, 0.5) is 5.88 Å². The van der Waals surface area contributed by atoms with Crippen LogP contribution in [0, 0.1) is 0 Å². The lowest BCUT2D eigenvalue weighted by Gasteiger charge is -2.12. The van der Waals surface area contributed by atoms with E-state index in [-0.39, 0.29) is 23.9 Å². The van der Waals surface area contributed by atoms with Crippen molar-refractivity contribution >= 4 is 11.8 Å². The molecule has 0 radical (unpaired) electrons. The fourth-order valence-corrected chi connectivity index (χ4v) is 1.75. The standard InChI is InChI=1S/C15H21N3O3/c1-10(11-6-5-7-20-11)16-9-13(19)17-14-8-12(18-21-14)15(2,3)4/h5-8,10,16H,9H2,1-4H3,(H,17,19)/t10-/m1/s1. The Balaban J connectivity index is 1.83. The first-order valence-electron chi connectivity index (χ1n) is 6.90. The predicted octanol–water partition coefficient (Wildman–Crippen LogP) is 2.85. The minimum absolute atomic E-state index is 0.0365. The molecule has 6 nitrogen and oxygen atoms in total. The normalized spacial score (nSPS) is 13.1. The minimum atomic E-state index is -0.190. The number of nitrogens with zero attached hydrogens (tertiary/aromatic N) is 1. The number of rotatable bonds is 5. The molecule has 2 aromatic heterocycles. The van der Waals surface area contributed by atoms with E-state index in [2.05, 4.69) is 15.8 Å². The van der Waals surface area contributed by atoms with Crippen LogP contribution in [0.3, 0.4) is 0 Å². The number of anilines is 1. The van der Waals surface area contributed by atoms with Crippen LogP contribution in [0.1, 0.15) is 45.2 Å². The summed E-state index contributed by atoms with van der Waals surface area (Å²) in [5.74, 6) is 0.958. The Bertz CT molecular complexity index is 582. The van der Waals surface area contributed by atoms with E-state index in [1.165, 1.54) is 0 Å². The molecule has 0 unspecified atom stereocenters. The summed E-state index contributed by atoms with van der Waals surface area (Å²) in [5, 5.41) is 9.70. The minimum Gasteiger partial charge on any atom is -0.468 e. The van der Waals surface area contributed by atoms with Crippen LogP contribution < -0.4 is 10.6 Å². The second-order valence-corrected chi connectivity index (χ2v) is 5.99. The van der Waals surface area contributed by atoms with Gasteiger partial charge in [-0.1, -0.05) is 25.9 Å². The summed E-state index contributed by atoms with van der Waals surface area (Å²) >= 11 is 0. The highest BCUT2D eigenvalue weighted by Gasteiger charge is 2.19. The van der Waals surface area contributed by atoms with E-state index in [0.29, 0.717) is 5.88 Å². The molecule has 0 saturated carbocycles. The molecule has 2 aromatic rings. The van der Waals surface area contributed by atoms with Gasteiger partial charge in [0.1, 0.15) is 5.76 Å². The van der Waals surface area contributed by atoms with Crippen molar-refractivity contribution in [1.82, 2.24) is 10.5 Å². The number of nitrogens with one attached hydrogen (secondary N) is 2. The highest BCUT2D eigenvalue weighted by Crippen LogP contribution is 2.23. The first-order valence-corrected chi connectivity index (χ1v) is 6.90. The summed E-state index contributed by atoms with van der Waals surface area (Å²) in [7, 11) is 0. The summed E-state index contributed by atoms with van der Waals surface area (Å²) in [5.41, 5.74) is 0.688.